The number of fused-ring (bicyclic) bond motifs is 2. The van der Waals surface area contributed by atoms with Gasteiger partial charge in [0.2, 0.25) is 0 Å². The number of nitrogens with zero attached hydrogens (tertiary/aromatic N) is 4. The minimum Gasteiger partial charge on any atom is -0.450 e. The molecule has 4 aromatic carbocycles. The molecule has 362 valence electrons. The zero-order valence-corrected chi connectivity index (χ0v) is 43.5. The zero-order chi connectivity index (χ0) is 50.2. The highest BCUT2D eigenvalue weighted by atomic mass is 79.9. The molecule has 0 aliphatic carbocycles. The molecular weight excluding hydrogens is 1040 g/mol. The predicted octanol–water partition coefficient (Wildman–Crippen LogP) is 13.9. The maximum absolute atomic E-state index is 15.5. The first-order chi connectivity index (χ1) is 33.5. The number of thiazole rings is 2. The van der Waals surface area contributed by atoms with Gasteiger partial charge >= 0.3 is 19.3 Å². The molecule has 12 nitrogen and oxygen atoms in total. The van der Waals surface area contributed by atoms with Crippen LogP contribution in [0.2, 0.25) is 10.0 Å². The largest absolute Gasteiger partial charge is 0.496 e. The highest BCUT2D eigenvalue weighted by Crippen LogP contribution is 2.39. The average Bonchev–Trinajstić information content (AvgIpc) is 4.04. The molecule has 0 spiro atoms. The summed E-state index contributed by atoms with van der Waals surface area (Å²) in [7, 11) is -0.459. The van der Waals surface area contributed by atoms with Crippen molar-refractivity contribution < 1.29 is 37.2 Å². The number of pyridine rings is 2. The lowest BCUT2D eigenvalue weighted by Crippen LogP contribution is -2.41. The Kier molecular flexibility index (Phi) is 17.2. The van der Waals surface area contributed by atoms with Crippen LogP contribution in [0.5, 0.6) is 0 Å². The van der Waals surface area contributed by atoms with Crippen LogP contribution in [0.15, 0.2) is 108 Å². The summed E-state index contributed by atoms with van der Waals surface area (Å²) < 4.78 is 53.5. The third kappa shape index (κ3) is 12.5. The second-order valence-electron chi connectivity index (χ2n) is 16.5. The fraction of sp³-hybridized carbons (Fsp3) is 0.240. The first-order valence-electron chi connectivity index (χ1n) is 21.8. The van der Waals surface area contributed by atoms with Crippen molar-refractivity contribution in [3.63, 3.8) is 0 Å². The molecule has 0 unspecified atom stereocenters. The molecule has 4 aromatic heterocycles. The van der Waals surface area contributed by atoms with Gasteiger partial charge in [0.15, 0.2) is 0 Å². The Bertz CT molecular complexity index is 3110. The first-order valence-corrected chi connectivity index (χ1v) is 25.4. The Balaban J connectivity index is 0.000000160. The quantitative estimate of drug-likeness (QED) is 0.100. The summed E-state index contributed by atoms with van der Waals surface area (Å²) in [5.74, 6) is 0.228. The Morgan fingerprint density at radius 1 is 0.686 bits per heavy atom. The van der Waals surface area contributed by atoms with E-state index in [1.165, 1.54) is 22.7 Å². The van der Waals surface area contributed by atoms with Gasteiger partial charge in [-0.2, -0.15) is 0 Å². The van der Waals surface area contributed by atoms with Crippen molar-refractivity contribution >= 4 is 119 Å². The number of amides is 2. The second-order valence-corrected chi connectivity index (χ2v) is 19.7. The van der Waals surface area contributed by atoms with Crippen molar-refractivity contribution in [3.8, 4) is 22.3 Å². The lowest BCUT2D eigenvalue weighted by Gasteiger charge is -2.32. The molecule has 0 atom stereocenters. The Hall–Kier alpha value is -5.60. The number of benzene rings is 4. The molecule has 2 amide bonds. The monoisotopic (exact) mass is 1090 g/mol. The molecule has 0 bridgehead atoms. The maximum atomic E-state index is 15.5. The number of alkyl halides is 1. The molecule has 1 aliphatic rings. The summed E-state index contributed by atoms with van der Waals surface area (Å²) in [6.45, 7) is 12.1. The fourth-order valence-corrected chi connectivity index (χ4v) is 9.35. The number of rotatable bonds is 10. The molecule has 8 aromatic rings. The number of aromatic nitrogens is 4. The number of hydrogen-bond donors (Lipinski definition) is 2. The van der Waals surface area contributed by atoms with Crippen molar-refractivity contribution in [2.45, 2.75) is 64.5 Å². The summed E-state index contributed by atoms with van der Waals surface area (Å²) >= 11 is 18.4. The minimum atomic E-state index is -0.564. The molecule has 0 radical (unpaired) electrons. The van der Waals surface area contributed by atoms with Crippen LogP contribution in [0, 0.1) is 11.6 Å². The summed E-state index contributed by atoms with van der Waals surface area (Å²) in [5, 5.41) is 6.67. The smallest absolute Gasteiger partial charge is 0.450 e. The SMILES string of the molecule is CCOC(=O)Nc1ccc(B2OC(C)(C)C(C)(C)O2)cn1.CCOC(=O)Nc1ccc(Cc2cc3scnc3c(-c3cccc(Cl)c3)c2F)cn1.Fc1c(CBr)cc2scnc2c1-c1cccc(Cl)c1. The number of nitrogens with one attached hydrogen (secondary N) is 2. The zero-order valence-electron chi connectivity index (χ0n) is 38.7. The van der Waals surface area contributed by atoms with Crippen molar-refractivity contribution in [2.24, 2.45) is 0 Å². The molecule has 70 heavy (non-hydrogen) atoms. The van der Waals surface area contributed by atoms with E-state index in [1.807, 2.05) is 64.1 Å². The van der Waals surface area contributed by atoms with Gasteiger partial charge in [0.1, 0.15) is 23.3 Å². The number of carbonyl (C=O) groups excluding carboxylic acids is 2. The van der Waals surface area contributed by atoms with E-state index in [4.69, 9.17) is 42.0 Å². The third-order valence-corrected chi connectivity index (χ3v) is 13.8. The van der Waals surface area contributed by atoms with Gasteiger partial charge in [-0.3, -0.25) is 10.6 Å². The third-order valence-electron chi connectivity index (χ3n) is 11.2. The highest BCUT2D eigenvalue weighted by molar-refractivity contribution is 9.08. The van der Waals surface area contributed by atoms with E-state index in [2.05, 4.69) is 46.5 Å². The Labute approximate surface area is 430 Å². The van der Waals surface area contributed by atoms with E-state index < -0.39 is 19.3 Å². The average molecular weight is 1090 g/mol. The van der Waals surface area contributed by atoms with Crippen molar-refractivity contribution in [1.29, 1.82) is 0 Å². The second kappa shape index (κ2) is 23.1. The minimum absolute atomic E-state index is 0.238. The van der Waals surface area contributed by atoms with Crippen LogP contribution in [0.3, 0.4) is 0 Å². The number of ether oxygens (including phenoxy) is 2. The molecular formula is C50H46BBrCl2F2N6O6S2. The van der Waals surface area contributed by atoms with Gasteiger partial charge in [0.05, 0.1) is 55.9 Å². The first kappa shape index (κ1) is 52.2. The Morgan fingerprint density at radius 3 is 1.61 bits per heavy atom. The van der Waals surface area contributed by atoms with E-state index >= 15 is 4.39 Å². The molecule has 0 saturated carbocycles. The fourth-order valence-electron chi connectivity index (χ4n) is 7.07. The summed E-state index contributed by atoms with van der Waals surface area (Å²) in [5.41, 5.74) is 9.16. The van der Waals surface area contributed by atoms with Crippen molar-refractivity contribution in [2.75, 3.05) is 23.8 Å². The van der Waals surface area contributed by atoms with E-state index in [0.717, 1.165) is 26.0 Å². The lowest BCUT2D eigenvalue weighted by molar-refractivity contribution is 0.00578. The van der Waals surface area contributed by atoms with Crippen LogP contribution in [-0.4, -0.2) is 63.7 Å². The molecule has 1 aliphatic heterocycles. The molecule has 1 saturated heterocycles. The van der Waals surface area contributed by atoms with E-state index in [-0.39, 0.29) is 29.4 Å². The Morgan fingerprint density at radius 2 is 1.17 bits per heavy atom. The number of carbonyl (C=O) groups is 2. The van der Waals surface area contributed by atoms with E-state index in [0.29, 0.717) is 78.9 Å². The molecule has 1 fully saturated rings. The van der Waals surface area contributed by atoms with Gasteiger partial charge in [0, 0.05) is 56.3 Å². The van der Waals surface area contributed by atoms with Gasteiger partial charge < -0.3 is 18.8 Å². The van der Waals surface area contributed by atoms with Gasteiger partial charge in [-0.1, -0.05) is 75.5 Å². The number of anilines is 2. The van der Waals surface area contributed by atoms with Crippen LogP contribution in [0.25, 0.3) is 42.7 Å². The van der Waals surface area contributed by atoms with Crippen molar-refractivity contribution in [1.82, 2.24) is 19.9 Å². The molecule has 20 heteroatoms. The highest BCUT2D eigenvalue weighted by Gasteiger charge is 2.51. The number of halogens is 5. The topological polar surface area (TPSA) is 147 Å². The number of hydrogen-bond acceptors (Lipinski definition) is 12. The standard InChI is InChI=1S/C22H17ClFN3O2S.C14H21BN2O4.C14H8BrClFNS/c1-2-29-22(28)27-18-7-6-13(11-25-18)8-15-10-17-21(26-12-30-17)19(20(15)24)14-4-3-5-16(23)9-14;1-6-19-12(18)17-11-8-7-10(9-16-11)15-20-13(2,3)14(4,5)21-15;15-6-9-5-11-14(18-7-19-11)12(13(9)17)8-2-1-3-10(16)4-8/h3-7,9-12H,2,8H2,1H3,(H,25,27,28);7-9H,6H2,1-5H3,(H,16,17,18);1-5,7H,6H2. The molecule has 9 rings (SSSR count). The van der Waals surface area contributed by atoms with Crippen molar-refractivity contribution in [3.05, 3.63) is 147 Å². The summed E-state index contributed by atoms with van der Waals surface area (Å²) in [6, 6.07) is 24.9. The van der Waals surface area contributed by atoms with Gasteiger partial charge in [-0.25, -0.2) is 38.3 Å². The van der Waals surface area contributed by atoms with E-state index in [1.54, 1.807) is 85.8 Å². The predicted molar refractivity (Wildman–Crippen MR) is 281 cm³/mol. The lowest BCUT2D eigenvalue weighted by atomic mass is 9.80. The summed E-state index contributed by atoms with van der Waals surface area (Å²) in [4.78, 5) is 39.8. The molecule has 5 heterocycles. The molecule has 2 N–H and O–H groups in total. The summed E-state index contributed by atoms with van der Waals surface area (Å²) in [6.07, 6.45) is 2.50. The van der Waals surface area contributed by atoms with Crippen LogP contribution < -0.4 is 16.1 Å². The normalized spacial score (nSPS) is 13.5. The van der Waals surface area contributed by atoms with Crippen LogP contribution in [0.1, 0.15) is 58.2 Å². The van der Waals surface area contributed by atoms with Crippen LogP contribution >= 0.6 is 61.8 Å². The van der Waals surface area contributed by atoms with E-state index in [9.17, 15) is 14.0 Å². The van der Waals surface area contributed by atoms with Gasteiger partial charge in [-0.05, 0) is 112 Å². The maximum Gasteiger partial charge on any atom is 0.496 e. The van der Waals surface area contributed by atoms with Gasteiger partial charge in [-0.15, -0.1) is 22.7 Å². The van der Waals surface area contributed by atoms with Gasteiger partial charge in [0.25, 0.3) is 0 Å². The van der Waals surface area contributed by atoms with Crippen LogP contribution in [0.4, 0.5) is 30.0 Å². The van der Waals surface area contributed by atoms with Crippen LogP contribution in [-0.2, 0) is 30.5 Å².